The second-order valence-corrected chi connectivity index (χ2v) is 5.78. The van der Waals surface area contributed by atoms with E-state index >= 15 is 0 Å². The van der Waals surface area contributed by atoms with Gasteiger partial charge in [-0.2, -0.15) is 0 Å². The standard InChI is InChI=1S/C16H25N3/c1-4-13(2)19-15(17)18-12-16(19,3)11-10-14-8-6-5-7-9-14/h5-9,13H,4,10-12H2,1-3H3,(H2,17,18). The Labute approximate surface area is 116 Å². The van der Waals surface area contributed by atoms with Gasteiger partial charge in [0.1, 0.15) is 0 Å². The summed E-state index contributed by atoms with van der Waals surface area (Å²) in [5.74, 6) is 0.713. The molecular formula is C16H25N3. The molecular weight excluding hydrogens is 234 g/mol. The van der Waals surface area contributed by atoms with Crippen LogP contribution in [0.2, 0.25) is 0 Å². The molecule has 3 heteroatoms. The molecule has 3 nitrogen and oxygen atoms in total. The Morgan fingerprint density at radius 2 is 2.05 bits per heavy atom. The largest absolute Gasteiger partial charge is 0.370 e. The Bertz CT molecular complexity index is 441. The third-order valence-corrected chi connectivity index (χ3v) is 4.24. The molecule has 104 valence electrons. The highest BCUT2D eigenvalue weighted by Crippen LogP contribution is 2.29. The van der Waals surface area contributed by atoms with Gasteiger partial charge in [-0.15, -0.1) is 0 Å². The smallest absolute Gasteiger partial charge is 0.192 e. The molecule has 1 aliphatic rings. The van der Waals surface area contributed by atoms with Crippen LogP contribution in [0.15, 0.2) is 35.3 Å². The van der Waals surface area contributed by atoms with Gasteiger partial charge in [0.15, 0.2) is 5.96 Å². The molecule has 0 aliphatic carbocycles. The molecule has 1 aromatic rings. The number of benzene rings is 1. The summed E-state index contributed by atoms with van der Waals surface area (Å²) in [5.41, 5.74) is 7.53. The van der Waals surface area contributed by atoms with Gasteiger partial charge in [-0.25, -0.2) is 0 Å². The first kappa shape index (κ1) is 13.9. The third-order valence-electron chi connectivity index (χ3n) is 4.24. The molecule has 1 aromatic carbocycles. The summed E-state index contributed by atoms with van der Waals surface area (Å²) in [5, 5.41) is 0. The van der Waals surface area contributed by atoms with Crippen LogP contribution < -0.4 is 5.73 Å². The minimum Gasteiger partial charge on any atom is -0.370 e. The summed E-state index contributed by atoms with van der Waals surface area (Å²) in [6, 6.07) is 11.1. The quantitative estimate of drug-likeness (QED) is 0.883. The zero-order valence-corrected chi connectivity index (χ0v) is 12.3. The van der Waals surface area contributed by atoms with Crippen molar-refractivity contribution in [3.05, 3.63) is 35.9 Å². The van der Waals surface area contributed by atoms with Gasteiger partial charge in [-0.3, -0.25) is 4.99 Å². The number of nitrogens with two attached hydrogens (primary N) is 1. The lowest BCUT2D eigenvalue weighted by molar-refractivity contribution is 0.160. The Hall–Kier alpha value is -1.51. The van der Waals surface area contributed by atoms with Crippen LogP contribution in [0, 0.1) is 0 Å². The van der Waals surface area contributed by atoms with Crippen molar-refractivity contribution in [1.29, 1.82) is 0 Å². The fourth-order valence-electron chi connectivity index (χ4n) is 2.88. The number of guanidine groups is 1. The van der Waals surface area contributed by atoms with Gasteiger partial charge in [0.2, 0.25) is 0 Å². The Balaban J connectivity index is 2.05. The van der Waals surface area contributed by atoms with E-state index in [2.05, 4.69) is 61.0 Å². The maximum absolute atomic E-state index is 6.08. The monoisotopic (exact) mass is 259 g/mol. The van der Waals surface area contributed by atoms with Crippen molar-refractivity contribution in [3.63, 3.8) is 0 Å². The van der Waals surface area contributed by atoms with Crippen LogP contribution in [0.4, 0.5) is 0 Å². The van der Waals surface area contributed by atoms with E-state index in [-0.39, 0.29) is 5.54 Å². The molecule has 2 rings (SSSR count). The molecule has 0 spiro atoms. The Morgan fingerprint density at radius 3 is 2.68 bits per heavy atom. The molecule has 0 fully saturated rings. The van der Waals surface area contributed by atoms with Gasteiger partial charge in [-0.1, -0.05) is 37.3 Å². The SMILES string of the molecule is CCC(C)N1C(N)=NCC1(C)CCc1ccccc1. The highest BCUT2D eigenvalue weighted by atomic mass is 15.4. The molecule has 19 heavy (non-hydrogen) atoms. The first-order valence-electron chi connectivity index (χ1n) is 7.20. The zero-order valence-electron chi connectivity index (χ0n) is 12.3. The topological polar surface area (TPSA) is 41.6 Å². The number of nitrogens with zero attached hydrogens (tertiary/aromatic N) is 2. The second-order valence-electron chi connectivity index (χ2n) is 5.78. The lowest BCUT2D eigenvalue weighted by atomic mass is 9.91. The summed E-state index contributed by atoms with van der Waals surface area (Å²) >= 11 is 0. The van der Waals surface area contributed by atoms with Crippen LogP contribution in [0.5, 0.6) is 0 Å². The Kier molecular flexibility index (Phi) is 4.13. The van der Waals surface area contributed by atoms with Crippen molar-refractivity contribution >= 4 is 5.96 Å². The number of hydrogen-bond acceptors (Lipinski definition) is 3. The van der Waals surface area contributed by atoms with Crippen molar-refractivity contribution in [2.75, 3.05) is 6.54 Å². The molecule has 1 heterocycles. The van der Waals surface area contributed by atoms with Gasteiger partial charge in [0, 0.05) is 6.04 Å². The molecule has 0 radical (unpaired) electrons. The lowest BCUT2D eigenvalue weighted by Crippen LogP contribution is -2.53. The lowest BCUT2D eigenvalue weighted by Gasteiger charge is -2.40. The normalized spacial score (nSPS) is 24.4. The van der Waals surface area contributed by atoms with E-state index in [0.29, 0.717) is 12.0 Å². The maximum atomic E-state index is 6.08. The molecule has 2 unspecified atom stereocenters. The molecule has 2 N–H and O–H groups in total. The predicted octanol–water partition coefficient (Wildman–Crippen LogP) is 2.81. The van der Waals surface area contributed by atoms with E-state index in [9.17, 15) is 0 Å². The van der Waals surface area contributed by atoms with Gasteiger partial charge >= 0.3 is 0 Å². The van der Waals surface area contributed by atoms with E-state index in [4.69, 9.17) is 5.73 Å². The van der Waals surface area contributed by atoms with E-state index in [0.717, 1.165) is 25.8 Å². The molecule has 0 saturated carbocycles. The van der Waals surface area contributed by atoms with Gasteiger partial charge < -0.3 is 10.6 Å². The molecule has 0 saturated heterocycles. The fourth-order valence-corrected chi connectivity index (χ4v) is 2.88. The fraction of sp³-hybridized carbons (Fsp3) is 0.562. The second kappa shape index (κ2) is 5.64. The van der Waals surface area contributed by atoms with Crippen LogP contribution in [-0.4, -0.2) is 29.0 Å². The van der Waals surface area contributed by atoms with Crippen molar-refractivity contribution in [2.24, 2.45) is 10.7 Å². The molecule has 2 atom stereocenters. The number of aliphatic imine (C=N–C) groups is 1. The van der Waals surface area contributed by atoms with E-state index in [1.54, 1.807) is 0 Å². The van der Waals surface area contributed by atoms with E-state index < -0.39 is 0 Å². The Morgan fingerprint density at radius 1 is 1.37 bits per heavy atom. The zero-order chi connectivity index (χ0) is 13.9. The van der Waals surface area contributed by atoms with Gasteiger partial charge in [0.25, 0.3) is 0 Å². The summed E-state index contributed by atoms with van der Waals surface area (Å²) in [6.45, 7) is 7.53. The van der Waals surface area contributed by atoms with Crippen molar-refractivity contribution in [2.45, 2.75) is 51.6 Å². The van der Waals surface area contributed by atoms with Crippen LogP contribution >= 0.6 is 0 Å². The van der Waals surface area contributed by atoms with Gasteiger partial charge in [-0.05, 0) is 38.7 Å². The third kappa shape index (κ3) is 2.91. The van der Waals surface area contributed by atoms with Crippen LogP contribution in [-0.2, 0) is 6.42 Å². The minimum absolute atomic E-state index is 0.0648. The summed E-state index contributed by atoms with van der Waals surface area (Å²) in [7, 11) is 0. The number of hydrogen-bond donors (Lipinski definition) is 1. The maximum Gasteiger partial charge on any atom is 0.192 e. The minimum atomic E-state index is 0.0648. The summed E-state index contributed by atoms with van der Waals surface area (Å²) < 4.78 is 0. The van der Waals surface area contributed by atoms with Crippen molar-refractivity contribution in [1.82, 2.24) is 4.90 Å². The van der Waals surface area contributed by atoms with E-state index in [1.807, 2.05) is 0 Å². The molecule has 0 bridgehead atoms. The summed E-state index contributed by atoms with van der Waals surface area (Å²) in [4.78, 5) is 6.79. The first-order valence-corrected chi connectivity index (χ1v) is 7.20. The highest BCUT2D eigenvalue weighted by molar-refractivity contribution is 5.81. The van der Waals surface area contributed by atoms with Crippen molar-refractivity contribution < 1.29 is 0 Å². The molecule has 0 aromatic heterocycles. The number of aryl methyl sites for hydroxylation is 1. The average molecular weight is 259 g/mol. The number of rotatable bonds is 5. The van der Waals surface area contributed by atoms with Crippen LogP contribution in [0.3, 0.4) is 0 Å². The first-order chi connectivity index (χ1) is 9.07. The predicted molar refractivity (Wildman–Crippen MR) is 81.2 cm³/mol. The summed E-state index contributed by atoms with van der Waals surface area (Å²) in [6.07, 6.45) is 3.26. The van der Waals surface area contributed by atoms with Crippen LogP contribution in [0.1, 0.15) is 39.2 Å². The van der Waals surface area contributed by atoms with E-state index in [1.165, 1.54) is 5.56 Å². The molecule has 0 amide bonds. The van der Waals surface area contributed by atoms with Crippen molar-refractivity contribution in [3.8, 4) is 0 Å². The van der Waals surface area contributed by atoms with Crippen LogP contribution in [0.25, 0.3) is 0 Å². The highest BCUT2D eigenvalue weighted by Gasteiger charge is 2.39. The average Bonchev–Trinajstić information content (AvgIpc) is 2.73. The van der Waals surface area contributed by atoms with Gasteiger partial charge in [0.05, 0.1) is 12.1 Å². The molecule has 1 aliphatic heterocycles.